The van der Waals surface area contributed by atoms with Gasteiger partial charge in [-0.25, -0.2) is 4.39 Å². The molecule has 1 aromatic heterocycles. The highest BCUT2D eigenvalue weighted by Gasteiger charge is 2.11. The molecule has 0 atom stereocenters. The Morgan fingerprint density at radius 2 is 2.00 bits per heavy atom. The maximum absolute atomic E-state index is 13.5. The first-order valence-electron chi connectivity index (χ1n) is 9.78. The zero-order valence-electron chi connectivity index (χ0n) is 17.0. The highest BCUT2D eigenvalue weighted by atomic mass is 19.1. The second kappa shape index (κ2) is 9.45. The molecule has 0 bridgehead atoms. The highest BCUT2D eigenvalue weighted by molar-refractivity contribution is 5.88. The number of fused-ring (bicyclic) bond motifs is 1. The van der Waals surface area contributed by atoms with Crippen LogP contribution in [0.3, 0.4) is 0 Å². The molecule has 3 aromatic rings. The fourth-order valence-corrected chi connectivity index (χ4v) is 3.08. The van der Waals surface area contributed by atoms with Crippen LogP contribution in [0.25, 0.3) is 10.9 Å². The number of nitrogens with one attached hydrogen (secondary N) is 2. The summed E-state index contributed by atoms with van der Waals surface area (Å²) in [6.07, 6.45) is 2.89. The van der Waals surface area contributed by atoms with Crippen molar-refractivity contribution in [3.05, 3.63) is 59.5 Å². The minimum absolute atomic E-state index is 0.133. The van der Waals surface area contributed by atoms with Crippen molar-refractivity contribution >= 4 is 16.8 Å². The lowest BCUT2D eigenvalue weighted by Crippen LogP contribution is -2.24. The van der Waals surface area contributed by atoms with Gasteiger partial charge < -0.3 is 19.8 Å². The third-order valence-electron chi connectivity index (χ3n) is 4.75. The van der Waals surface area contributed by atoms with Crippen LogP contribution in [-0.2, 0) is 17.8 Å². The third-order valence-corrected chi connectivity index (χ3v) is 4.75. The van der Waals surface area contributed by atoms with Crippen LogP contribution in [0.5, 0.6) is 11.5 Å². The van der Waals surface area contributed by atoms with E-state index in [2.05, 4.69) is 24.1 Å². The van der Waals surface area contributed by atoms with Gasteiger partial charge in [-0.2, -0.15) is 0 Å². The summed E-state index contributed by atoms with van der Waals surface area (Å²) in [6.45, 7) is 5.31. The minimum Gasteiger partial charge on any atom is -0.493 e. The molecule has 0 saturated heterocycles. The second-order valence-corrected chi connectivity index (χ2v) is 7.47. The molecule has 1 heterocycles. The van der Waals surface area contributed by atoms with E-state index >= 15 is 0 Å². The van der Waals surface area contributed by atoms with Gasteiger partial charge in [0.1, 0.15) is 5.82 Å². The van der Waals surface area contributed by atoms with Gasteiger partial charge >= 0.3 is 0 Å². The number of H-pyrrole nitrogens is 1. The predicted octanol–water partition coefficient (Wildman–Crippen LogP) is 4.60. The third kappa shape index (κ3) is 5.50. The van der Waals surface area contributed by atoms with Crippen molar-refractivity contribution in [3.63, 3.8) is 0 Å². The van der Waals surface area contributed by atoms with E-state index in [1.165, 1.54) is 12.1 Å². The van der Waals surface area contributed by atoms with Crippen molar-refractivity contribution < 1.29 is 18.7 Å². The molecule has 0 aliphatic heterocycles. The molecule has 2 N–H and O–H groups in total. The molecule has 2 aromatic carbocycles. The molecule has 154 valence electrons. The molecule has 0 radical (unpaired) electrons. The topological polar surface area (TPSA) is 63.3 Å². The molecule has 0 spiro atoms. The molecule has 0 aliphatic carbocycles. The fraction of sp³-hybridized carbons (Fsp3) is 0.348. The Labute approximate surface area is 170 Å². The van der Waals surface area contributed by atoms with Gasteiger partial charge in [0.25, 0.3) is 0 Å². The number of carbonyl (C=O) groups excluding carboxylic acids is 1. The number of aromatic nitrogens is 1. The van der Waals surface area contributed by atoms with Crippen LogP contribution in [0.4, 0.5) is 4.39 Å². The van der Waals surface area contributed by atoms with Crippen LogP contribution in [0, 0.1) is 11.7 Å². The molecule has 1 amide bonds. The van der Waals surface area contributed by atoms with Gasteiger partial charge in [-0.15, -0.1) is 0 Å². The quantitative estimate of drug-likeness (QED) is 0.554. The zero-order valence-corrected chi connectivity index (χ0v) is 17.0. The largest absolute Gasteiger partial charge is 0.493 e. The standard InChI is InChI=1S/C23H27FN2O3/c1-15(2)8-9-29-21-7-4-16(10-22(21)28-3)13-26-23(27)11-17-14-25-20-6-5-18(24)12-19(17)20/h4-7,10,12,14-15,25H,8-9,11,13H2,1-3H3,(H,26,27). The number of halogens is 1. The van der Waals surface area contributed by atoms with Crippen LogP contribution in [0.15, 0.2) is 42.6 Å². The van der Waals surface area contributed by atoms with Crippen LogP contribution in [0.1, 0.15) is 31.4 Å². The van der Waals surface area contributed by atoms with E-state index in [-0.39, 0.29) is 18.1 Å². The van der Waals surface area contributed by atoms with E-state index in [1.54, 1.807) is 19.4 Å². The number of aromatic amines is 1. The number of hydrogen-bond acceptors (Lipinski definition) is 3. The molecular weight excluding hydrogens is 371 g/mol. The number of ether oxygens (including phenoxy) is 2. The van der Waals surface area contributed by atoms with Gasteiger partial charge in [-0.3, -0.25) is 4.79 Å². The van der Waals surface area contributed by atoms with Crippen molar-refractivity contribution in [1.29, 1.82) is 0 Å². The summed E-state index contributed by atoms with van der Waals surface area (Å²) < 4.78 is 24.7. The number of methoxy groups -OCH3 is 1. The number of benzene rings is 2. The zero-order chi connectivity index (χ0) is 20.8. The summed E-state index contributed by atoms with van der Waals surface area (Å²) in [5, 5.41) is 3.63. The fourth-order valence-electron chi connectivity index (χ4n) is 3.08. The highest BCUT2D eigenvalue weighted by Crippen LogP contribution is 2.28. The average Bonchev–Trinajstić information content (AvgIpc) is 3.08. The average molecular weight is 398 g/mol. The normalized spacial score (nSPS) is 11.1. The summed E-state index contributed by atoms with van der Waals surface area (Å²) >= 11 is 0. The maximum atomic E-state index is 13.5. The summed E-state index contributed by atoms with van der Waals surface area (Å²) in [5.74, 6) is 1.47. The first-order valence-corrected chi connectivity index (χ1v) is 9.78. The Bertz CT molecular complexity index is 981. The Kier molecular flexibility index (Phi) is 6.75. The second-order valence-electron chi connectivity index (χ2n) is 7.47. The van der Waals surface area contributed by atoms with E-state index in [0.717, 1.165) is 28.5 Å². The molecule has 0 saturated carbocycles. The number of amides is 1. The van der Waals surface area contributed by atoms with Crippen molar-refractivity contribution in [2.45, 2.75) is 33.2 Å². The summed E-state index contributed by atoms with van der Waals surface area (Å²) in [7, 11) is 1.60. The van der Waals surface area contributed by atoms with E-state index < -0.39 is 0 Å². The van der Waals surface area contributed by atoms with E-state index in [4.69, 9.17) is 9.47 Å². The van der Waals surface area contributed by atoms with Gasteiger partial charge in [-0.1, -0.05) is 19.9 Å². The van der Waals surface area contributed by atoms with E-state index in [9.17, 15) is 9.18 Å². The van der Waals surface area contributed by atoms with Crippen LogP contribution in [-0.4, -0.2) is 24.6 Å². The number of rotatable bonds is 9. The van der Waals surface area contributed by atoms with E-state index in [0.29, 0.717) is 30.6 Å². The molecule has 6 heteroatoms. The maximum Gasteiger partial charge on any atom is 0.224 e. The molecule has 0 fully saturated rings. The van der Waals surface area contributed by atoms with Crippen molar-refractivity contribution in [3.8, 4) is 11.5 Å². The van der Waals surface area contributed by atoms with Gasteiger partial charge in [-0.05, 0) is 53.8 Å². The van der Waals surface area contributed by atoms with Gasteiger partial charge in [0.15, 0.2) is 11.5 Å². The first-order chi connectivity index (χ1) is 14.0. The van der Waals surface area contributed by atoms with Gasteiger partial charge in [0.05, 0.1) is 20.1 Å². The molecule has 29 heavy (non-hydrogen) atoms. The van der Waals surface area contributed by atoms with Crippen LogP contribution < -0.4 is 14.8 Å². The molecule has 0 unspecified atom stereocenters. The first kappa shape index (κ1) is 20.7. The predicted molar refractivity (Wildman–Crippen MR) is 112 cm³/mol. The van der Waals surface area contributed by atoms with Crippen molar-refractivity contribution in [2.24, 2.45) is 5.92 Å². The Morgan fingerprint density at radius 3 is 2.76 bits per heavy atom. The minimum atomic E-state index is -0.318. The van der Waals surface area contributed by atoms with Crippen LogP contribution >= 0.6 is 0 Å². The van der Waals surface area contributed by atoms with Crippen molar-refractivity contribution in [1.82, 2.24) is 10.3 Å². The number of carbonyl (C=O) groups is 1. The lowest BCUT2D eigenvalue weighted by Gasteiger charge is -2.13. The van der Waals surface area contributed by atoms with Crippen LogP contribution in [0.2, 0.25) is 0 Å². The number of hydrogen-bond donors (Lipinski definition) is 2. The SMILES string of the molecule is COc1cc(CNC(=O)Cc2c[nH]c3ccc(F)cc23)ccc1OCCC(C)C. The Hall–Kier alpha value is -3.02. The van der Waals surface area contributed by atoms with Crippen molar-refractivity contribution in [2.75, 3.05) is 13.7 Å². The Balaban J connectivity index is 1.58. The summed E-state index contributed by atoms with van der Waals surface area (Å²) in [4.78, 5) is 15.4. The molecule has 0 aliphatic rings. The monoisotopic (exact) mass is 398 g/mol. The lowest BCUT2D eigenvalue weighted by atomic mass is 10.1. The van der Waals surface area contributed by atoms with Gasteiger partial charge in [0.2, 0.25) is 5.91 Å². The van der Waals surface area contributed by atoms with E-state index in [1.807, 2.05) is 18.2 Å². The summed E-state index contributed by atoms with van der Waals surface area (Å²) in [5.41, 5.74) is 2.49. The van der Waals surface area contributed by atoms with Gasteiger partial charge in [0, 0.05) is 23.6 Å². The smallest absolute Gasteiger partial charge is 0.224 e. The Morgan fingerprint density at radius 1 is 1.17 bits per heavy atom. The molecule has 3 rings (SSSR count). The molecular formula is C23H27FN2O3. The molecule has 5 nitrogen and oxygen atoms in total. The lowest BCUT2D eigenvalue weighted by molar-refractivity contribution is -0.120. The summed E-state index contributed by atoms with van der Waals surface area (Å²) in [6, 6.07) is 10.1.